The van der Waals surface area contributed by atoms with Crippen molar-refractivity contribution in [2.75, 3.05) is 110 Å². The number of ether oxygens (including phenoxy) is 5. The first-order valence-electron chi connectivity index (χ1n) is 24.7. The number of nitrogens with two attached hydrogens (primary N) is 6. The zero-order valence-corrected chi connectivity index (χ0v) is 44.7. The SMILES string of the molecule is CC[C@H](C)[C@H](NC(=O)[C@@H](NC(=O)[C@H](CS)NC(=O)COCCOCCNC(=O)c1cc(OCCC(CN)CN)c(OCCC(CN)CN)c(OCCC(CN)CN)c1)C(C)C)C(=O)N[C@@H](CCSC)C(=O)O. The Morgan fingerprint density at radius 3 is 1.61 bits per heavy atom. The topological polar surface area (TPSA) is 385 Å². The van der Waals surface area contributed by atoms with Gasteiger partial charge in [-0.1, -0.05) is 34.1 Å². The van der Waals surface area contributed by atoms with Gasteiger partial charge in [-0.15, -0.1) is 0 Å². The molecule has 0 spiro atoms. The Kier molecular flexibility index (Phi) is 35.1. The Hall–Kier alpha value is -4.18. The second kappa shape index (κ2) is 38.4. The third-order valence-electron chi connectivity index (χ3n) is 11.9. The van der Waals surface area contributed by atoms with Gasteiger partial charge in [0.05, 0.1) is 39.6 Å². The highest BCUT2D eigenvalue weighted by atomic mass is 32.2. The summed E-state index contributed by atoms with van der Waals surface area (Å²) in [6, 6.07) is -1.30. The van der Waals surface area contributed by atoms with Crippen molar-refractivity contribution < 1.29 is 57.6 Å². The van der Waals surface area contributed by atoms with E-state index < -0.39 is 72.2 Å². The fourth-order valence-corrected chi connectivity index (χ4v) is 7.43. The first kappa shape index (κ1) is 65.8. The second-order valence-electron chi connectivity index (χ2n) is 17.7. The van der Waals surface area contributed by atoms with Gasteiger partial charge in [0.2, 0.25) is 29.4 Å². The van der Waals surface area contributed by atoms with Gasteiger partial charge in [0, 0.05) is 17.9 Å². The maximum absolute atomic E-state index is 13.6. The highest BCUT2D eigenvalue weighted by Crippen LogP contribution is 2.40. The average molecular weight is 1060 g/mol. The molecular weight excluding hydrogens is 975 g/mol. The Labute approximate surface area is 435 Å². The van der Waals surface area contributed by atoms with Crippen LogP contribution in [0, 0.1) is 29.6 Å². The van der Waals surface area contributed by atoms with E-state index in [2.05, 4.69) is 39.2 Å². The fraction of sp³-hybridized carbons (Fsp3) is 0.745. The number of rotatable bonds is 42. The average Bonchev–Trinajstić information content (AvgIpc) is 3.37. The summed E-state index contributed by atoms with van der Waals surface area (Å²) in [6.45, 7) is 10.0. The van der Waals surface area contributed by atoms with Crippen LogP contribution in [0.5, 0.6) is 17.2 Å². The number of carboxylic acid groups (broad SMARTS) is 1. The van der Waals surface area contributed by atoms with Crippen LogP contribution in [0.4, 0.5) is 0 Å². The van der Waals surface area contributed by atoms with Crippen LogP contribution in [0.1, 0.15) is 70.2 Å². The number of hydrogen-bond acceptors (Lipinski definition) is 19. The standard InChI is InChI=1S/C47H87N11O12S2/c1-6-30(4)41(46(63)56-35(47(64)65)10-18-72-5)58-45(62)40(29(2)3)57-44(61)36(28-71)55-39(59)27-67-17-16-66-15-11-54-43(60)34-19-37(68-12-7-31(21-48)22-49)42(70-14-9-33(25-52)26-53)38(20-34)69-13-8-32(23-50)24-51/h19-20,29-33,35-36,40-41,71H,6-18,21-28,48-53H2,1-5H3,(H,54,60)(H,55,59)(H,56,63)(H,57,61)(H,58,62)(H,64,65)/t30-,35-,36-,40-,41-/m0/s1. The molecule has 23 nitrogen and oxygen atoms in total. The van der Waals surface area contributed by atoms with Crippen molar-refractivity contribution in [2.45, 2.75) is 84.0 Å². The quantitative estimate of drug-likeness (QED) is 0.0269. The third kappa shape index (κ3) is 25.2. The van der Waals surface area contributed by atoms with E-state index in [-0.39, 0.29) is 87.6 Å². The van der Waals surface area contributed by atoms with Gasteiger partial charge in [-0.05, 0) is 119 Å². The van der Waals surface area contributed by atoms with E-state index in [4.69, 9.17) is 58.1 Å². The summed E-state index contributed by atoms with van der Waals surface area (Å²) >= 11 is 5.67. The fourth-order valence-electron chi connectivity index (χ4n) is 6.70. The van der Waals surface area contributed by atoms with Crippen LogP contribution in [0.2, 0.25) is 0 Å². The normalized spacial score (nSPS) is 13.6. The minimum atomic E-state index is -1.18. The minimum Gasteiger partial charge on any atom is -0.490 e. The summed E-state index contributed by atoms with van der Waals surface area (Å²) in [5.41, 5.74) is 35.4. The van der Waals surface area contributed by atoms with Crippen molar-refractivity contribution in [1.82, 2.24) is 26.6 Å². The number of aliphatic carboxylic acids is 1. The zero-order valence-electron chi connectivity index (χ0n) is 43.0. The van der Waals surface area contributed by atoms with Gasteiger partial charge < -0.3 is 89.8 Å². The number of carboxylic acids is 1. The predicted molar refractivity (Wildman–Crippen MR) is 282 cm³/mol. The Balaban J connectivity index is 2.87. The van der Waals surface area contributed by atoms with Gasteiger partial charge in [0.1, 0.15) is 30.8 Å². The molecule has 5 amide bonds. The zero-order chi connectivity index (χ0) is 54.0. The minimum absolute atomic E-state index is 0.00884. The van der Waals surface area contributed by atoms with E-state index in [0.717, 1.165) is 0 Å². The molecule has 25 heteroatoms. The lowest BCUT2D eigenvalue weighted by Crippen LogP contribution is -2.60. The Morgan fingerprint density at radius 1 is 0.639 bits per heavy atom. The van der Waals surface area contributed by atoms with E-state index in [1.165, 1.54) is 11.8 Å². The van der Waals surface area contributed by atoms with Crippen LogP contribution in [0.25, 0.3) is 0 Å². The molecule has 414 valence electrons. The van der Waals surface area contributed by atoms with Crippen molar-refractivity contribution >= 4 is 59.9 Å². The number of hydrogen-bond donors (Lipinski definition) is 13. The molecule has 72 heavy (non-hydrogen) atoms. The molecule has 0 aliphatic heterocycles. The summed E-state index contributed by atoms with van der Waals surface area (Å²) in [5, 5.41) is 22.9. The van der Waals surface area contributed by atoms with Crippen molar-refractivity contribution in [3.63, 3.8) is 0 Å². The smallest absolute Gasteiger partial charge is 0.326 e. The van der Waals surface area contributed by atoms with E-state index in [1.54, 1.807) is 32.9 Å². The van der Waals surface area contributed by atoms with Crippen molar-refractivity contribution in [1.29, 1.82) is 0 Å². The largest absolute Gasteiger partial charge is 0.490 e. The third-order valence-corrected chi connectivity index (χ3v) is 12.9. The van der Waals surface area contributed by atoms with Gasteiger partial charge in [0.25, 0.3) is 5.91 Å². The summed E-state index contributed by atoms with van der Waals surface area (Å²) in [7, 11) is 0. The van der Waals surface area contributed by atoms with E-state index in [0.29, 0.717) is 88.0 Å². The molecule has 1 rings (SSSR count). The number of benzene rings is 1. The van der Waals surface area contributed by atoms with Crippen molar-refractivity contribution in [2.24, 2.45) is 64.0 Å². The van der Waals surface area contributed by atoms with Crippen LogP contribution >= 0.6 is 24.4 Å². The molecule has 18 N–H and O–H groups in total. The first-order valence-corrected chi connectivity index (χ1v) is 26.7. The van der Waals surface area contributed by atoms with Crippen LogP contribution in [0.15, 0.2) is 12.1 Å². The molecule has 0 radical (unpaired) electrons. The molecule has 0 aliphatic carbocycles. The maximum Gasteiger partial charge on any atom is 0.326 e. The Morgan fingerprint density at radius 2 is 1.14 bits per heavy atom. The molecular formula is C47H87N11O12S2. The lowest BCUT2D eigenvalue weighted by Gasteiger charge is -2.29. The summed E-state index contributed by atoms with van der Waals surface area (Å²) in [6.07, 6.45) is 4.24. The number of carbonyl (C=O) groups is 6. The highest BCUT2D eigenvalue weighted by Gasteiger charge is 2.34. The first-order chi connectivity index (χ1) is 34.5. The lowest BCUT2D eigenvalue weighted by atomic mass is 9.96. The molecule has 1 aromatic carbocycles. The Bertz CT molecular complexity index is 1710. The summed E-state index contributed by atoms with van der Waals surface area (Å²) in [5.74, 6) is -3.60. The molecule has 0 fully saturated rings. The molecule has 0 unspecified atom stereocenters. The molecule has 0 heterocycles. The maximum atomic E-state index is 13.6. The molecule has 0 saturated heterocycles. The van der Waals surface area contributed by atoms with Crippen molar-refractivity contribution in [3.8, 4) is 17.2 Å². The molecule has 5 atom stereocenters. The van der Waals surface area contributed by atoms with Crippen LogP contribution < -0.4 is 75.2 Å². The highest BCUT2D eigenvalue weighted by molar-refractivity contribution is 7.98. The molecule has 0 aromatic heterocycles. The molecule has 1 aromatic rings. The lowest BCUT2D eigenvalue weighted by molar-refractivity contribution is -0.142. The van der Waals surface area contributed by atoms with E-state index in [1.807, 2.05) is 13.2 Å². The van der Waals surface area contributed by atoms with Crippen LogP contribution in [-0.2, 0) is 33.4 Å². The van der Waals surface area contributed by atoms with Gasteiger partial charge >= 0.3 is 5.97 Å². The summed E-state index contributed by atoms with van der Waals surface area (Å²) in [4.78, 5) is 78.3. The number of amides is 5. The number of nitrogens with one attached hydrogen (secondary N) is 5. The van der Waals surface area contributed by atoms with Crippen LogP contribution in [-0.4, -0.2) is 175 Å². The molecule has 0 bridgehead atoms. The van der Waals surface area contributed by atoms with Gasteiger partial charge in [0.15, 0.2) is 11.5 Å². The predicted octanol–water partition coefficient (Wildman–Crippen LogP) is -1.23. The monoisotopic (exact) mass is 1060 g/mol. The number of thiol groups is 1. The number of thioether (sulfide) groups is 1. The molecule has 0 aliphatic rings. The van der Waals surface area contributed by atoms with Gasteiger partial charge in [-0.3, -0.25) is 24.0 Å². The summed E-state index contributed by atoms with van der Waals surface area (Å²) < 4.78 is 29.7. The van der Waals surface area contributed by atoms with E-state index in [9.17, 15) is 33.9 Å². The van der Waals surface area contributed by atoms with Gasteiger partial charge in [-0.2, -0.15) is 24.4 Å². The van der Waals surface area contributed by atoms with Gasteiger partial charge in [-0.25, -0.2) is 4.79 Å². The molecule has 0 saturated carbocycles. The van der Waals surface area contributed by atoms with Crippen LogP contribution in [0.3, 0.4) is 0 Å². The second-order valence-corrected chi connectivity index (χ2v) is 19.1. The van der Waals surface area contributed by atoms with Crippen molar-refractivity contribution in [3.05, 3.63) is 17.7 Å². The number of carbonyl (C=O) groups excluding carboxylic acids is 5. The van der Waals surface area contributed by atoms with E-state index >= 15 is 0 Å².